The fraction of sp³-hybridized carbons (Fsp3) is 0.294. The van der Waals surface area contributed by atoms with Crippen LogP contribution in [0.3, 0.4) is 0 Å². The van der Waals surface area contributed by atoms with Crippen molar-refractivity contribution in [3.8, 4) is 0 Å². The van der Waals surface area contributed by atoms with Gasteiger partial charge in [0.15, 0.2) is 0 Å². The molecule has 0 fully saturated rings. The molecule has 19 heavy (non-hydrogen) atoms. The summed E-state index contributed by atoms with van der Waals surface area (Å²) in [7, 11) is 2.02. The van der Waals surface area contributed by atoms with Gasteiger partial charge in [-0.3, -0.25) is 0 Å². The van der Waals surface area contributed by atoms with E-state index >= 15 is 0 Å². The molecule has 0 aliphatic heterocycles. The summed E-state index contributed by atoms with van der Waals surface area (Å²) in [6.45, 7) is 3.13. The Hall–Kier alpha value is -1.12. The minimum atomic E-state index is 0.514. The van der Waals surface area contributed by atoms with Crippen molar-refractivity contribution in [2.24, 2.45) is 0 Å². The van der Waals surface area contributed by atoms with E-state index in [0.717, 1.165) is 17.4 Å². The lowest BCUT2D eigenvalue weighted by Gasteiger charge is -2.17. The molecule has 0 heterocycles. The molecule has 0 aliphatic carbocycles. The van der Waals surface area contributed by atoms with Crippen LogP contribution in [0.25, 0.3) is 0 Å². The van der Waals surface area contributed by atoms with Gasteiger partial charge in [0, 0.05) is 16.9 Å². The normalized spacial score (nSPS) is 12.4. The molecule has 0 amide bonds. The van der Waals surface area contributed by atoms with Crippen molar-refractivity contribution in [2.45, 2.75) is 19.3 Å². The summed E-state index contributed by atoms with van der Waals surface area (Å²) < 4.78 is 1.15. The minimum absolute atomic E-state index is 0.514. The van der Waals surface area contributed by atoms with Crippen molar-refractivity contribution in [3.63, 3.8) is 0 Å². The summed E-state index contributed by atoms with van der Waals surface area (Å²) in [6.07, 6.45) is 1.06. The largest absolute Gasteiger partial charge is 0.319 e. The topological polar surface area (TPSA) is 12.0 Å². The van der Waals surface area contributed by atoms with Crippen LogP contribution < -0.4 is 5.32 Å². The molecule has 0 spiro atoms. The van der Waals surface area contributed by atoms with Crippen LogP contribution in [-0.2, 0) is 6.42 Å². The summed E-state index contributed by atoms with van der Waals surface area (Å²) in [5.74, 6) is 0.514. The number of benzene rings is 2. The molecular formula is C17H20BrN. The van der Waals surface area contributed by atoms with Crippen molar-refractivity contribution in [1.29, 1.82) is 0 Å². The van der Waals surface area contributed by atoms with Gasteiger partial charge in [0.1, 0.15) is 0 Å². The predicted molar refractivity (Wildman–Crippen MR) is 85.7 cm³/mol. The van der Waals surface area contributed by atoms with E-state index < -0.39 is 0 Å². The molecule has 1 unspecified atom stereocenters. The maximum atomic E-state index is 3.54. The van der Waals surface area contributed by atoms with Crippen LogP contribution in [0.5, 0.6) is 0 Å². The minimum Gasteiger partial charge on any atom is -0.319 e. The van der Waals surface area contributed by atoms with Gasteiger partial charge in [-0.1, -0.05) is 57.9 Å². The van der Waals surface area contributed by atoms with Crippen LogP contribution in [0.1, 0.15) is 22.6 Å². The van der Waals surface area contributed by atoms with Crippen molar-refractivity contribution in [3.05, 3.63) is 69.7 Å². The van der Waals surface area contributed by atoms with Gasteiger partial charge >= 0.3 is 0 Å². The van der Waals surface area contributed by atoms with Gasteiger partial charge in [-0.15, -0.1) is 0 Å². The fourth-order valence-electron chi connectivity index (χ4n) is 2.34. The SMILES string of the molecule is CNCC(Cc1cccc(Br)c1)c1ccc(C)cc1. The average molecular weight is 318 g/mol. The molecule has 0 bridgehead atoms. The zero-order valence-electron chi connectivity index (χ0n) is 11.5. The highest BCUT2D eigenvalue weighted by atomic mass is 79.9. The van der Waals surface area contributed by atoms with E-state index in [2.05, 4.69) is 76.7 Å². The first-order chi connectivity index (χ1) is 9.19. The number of hydrogen-bond donors (Lipinski definition) is 1. The molecule has 0 aromatic heterocycles. The highest BCUT2D eigenvalue weighted by Gasteiger charge is 2.11. The van der Waals surface area contributed by atoms with E-state index in [1.807, 2.05) is 7.05 Å². The zero-order valence-corrected chi connectivity index (χ0v) is 13.1. The number of hydrogen-bond acceptors (Lipinski definition) is 1. The molecule has 1 nitrogen and oxygen atoms in total. The van der Waals surface area contributed by atoms with E-state index in [0.29, 0.717) is 5.92 Å². The first-order valence-corrected chi connectivity index (χ1v) is 7.44. The molecule has 2 heteroatoms. The first kappa shape index (κ1) is 14.3. The standard InChI is InChI=1S/C17H20BrN/c1-13-6-8-15(9-7-13)16(12-19-2)10-14-4-3-5-17(18)11-14/h3-9,11,16,19H,10,12H2,1-2H3. The highest BCUT2D eigenvalue weighted by molar-refractivity contribution is 9.10. The lowest BCUT2D eigenvalue weighted by Crippen LogP contribution is -2.19. The van der Waals surface area contributed by atoms with E-state index in [4.69, 9.17) is 0 Å². The van der Waals surface area contributed by atoms with Gasteiger partial charge in [0.25, 0.3) is 0 Å². The molecule has 2 aromatic rings. The first-order valence-electron chi connectivity index (χ1n) is 6.64. The Balaban J connectivity index is 2.18. The summed E-state index contributed by atoms with van der Waals surface area (Å²) in [5.41, 5.74) is 4.09. The monoisotopic (exact) mass is 317 g/mol. The lowest BCUT2D eigenvalue weighted by atomic mass is 9.91. The van der Waals surface area contributed by atoms with Crippen molar-refractivity contribution >= 4 is 15.9 Å². The quantitative estimate of drug-likeness (QED) is 0.866. The lowest BCUT2D eigenvalue weighted by molar-refractivity contribution is 0.625. The fourth-order valence-corrected chi connectivity index (χ4v) is 2.79. The number of halogens is 1. The third-order valence-corrected chi connectivity index (χ3v) is 3.86. The zero-order chi connectivity index (χ0) is 13.7. The molecule has 2 aromatic carbocycles. The number of aryl methyl sites for hydroxylation is 1. The molecule has 1 atom stereocenters. The van der Waals surface area contributed by atoms with E-state index in [9.17, 15) is 0 Å². The van der Waals surface area contributed by atoms with Crippen LogP contribution in [0.2, 0.25) is 0 Å². The van der Waals surface area contributed by atoms with Gasteiger partial charge in [-0.05, 0) is 43.7 Å². The van der Waals surface area contributed by atoms with Crippen molar-refractivity contribution in [2.75, 3.05) is 13.6 Å². The Morgan fingerprint density at radius 2 is 1.84 bits per heavy atom. The summed E-state index contributed by atoms with van der Waals surface area (Å²) in [5, 5.41) is 3.30. The van der Waals surface area contributed by atoms with E-state index in [-0.39, 0.29) is 0 Å². The molecule has 0 aliphatic rings. The summed E-state index contributed by atoms with van der Waals surface area (Å²) >= 11 is 3.54. The van der Waals surface area contributed by atoms with Crippen LogP contribution >= 0.6 is 15.9 Å². The number of nitrogens with one attached hydrogen (secondary N) is 1. The maximum Gasteiger partial charge on any atom is 0.0177 e. The van der Waals surface area contributed by atoms with Crippen LogP contribution in [-0.4, -0.2) is 13.6 Å². The Kier molecular flexibility index (Phi) is 5.17. The van der Waals surface area contributed by atoms with Crippen LogP contribution in [0.15, 0.2) is 53.0 Å². The van der Waals surface area contributed by atoms with Gasteiger partial charge < -0.3 is 5.32 Å². The van der Waals surface area contributed by atoms with Gasteiger partial charge in [-0.25, -0.2) is 0 Å². The smallest absolute Gasteiger partial charge is 0.0177 e. The van der Waals surface area contributed by atoms with Crippen molar-refractivity contribution < 1.29 is 0 Å². The van der Waals surface area contributed by atoms with Crippen LogP contribution in [0, 0.1) is 6.92 Å². The van der Waals surface area contributed by atoms with E-state index in [1.165, 1.54) is 16.7 Å². The Labute approximate surface area is 124 Å². The van der Waals surface area contributed by atoms with Crippen molar-refractivity contribution in [1.82, 2.24) is 5.32 Å². The van der Waals surface area contributed by atoms with Gasteiger partial charge in [0.2, 0.25) is 0 Å². The molecular weight excluding hydrogens is 298 g/mol. The second kappa shape index (κ2) is 6.88. The molecule has 0 saturated heterocycles. The molecule has 2 rings (SSSR count). The Morgan fingerprint density at radius 3 is 2.47 bits per heavy atom. The molecule has 1 N–H and O–H groups in total. The number of rotatable bonds is 5. The average Bonchev–Trinajstić information content (AvgIpc) is 2.39. The molecule has 0 radical (unpaired) electrons. The molecule has 100 valence electrons. The Bertz CT molecular complexity index is 519. The second-order valence-corrected chi connectivity index (χ2v) is 5.92. The van der Waals surface area contributed by atoms with Crippen LogP contribution in [0.4, 0.5) is 0 Å². The molecule has 0 saturated carbocycles. The van der Waals surface area contributed by atoms with E-state index in [1.54, 1.807) is 0 Å². The maximum absolute atomic E-state index is 3.54. The number of likely N-dealkylation sites (N-methyl/N-ethyl adjacent to an activating group) is 1. The predicted octanol–water partition coefficient (Wildman–Crippen LogP) is 4.30. The Morgan fingerprint density at radius 1 is 1.11 bits per heavy atom. The highest BCUT2D eigenvalue weighted by Crippen LogP contribution is 2.22. The third kappa shape index (κ3) is 4.19. The van der Waals surface area contributed by atoms with Gasteiger partial charge in [0.05, 0.1) is 0 Å². The van der Waals surface area contributed by atoms with Gasteiger partial charge in [-0.2, -0.15) is 0 Å². The summed E-state index contributed by atoms with van der Waals surface area (Å²) in [6, 6.07) is 17.5. The summed E-state index contributed by atoms with van der Waals surface area (Å²) in [4.78, 5) is 0. The second-order valence-electron chi connectivity index (χ2n) is 5.00. The third-order valence-electron chi connectivity index (χ3n) is 3.37.